The number of nitrogens with one attached hydrogen (secondary N) is 2. The van der Waals surface area contributed by atoms with Crippen molar-refractivity contribution >= 4 is 21.6 Å². The third-order valence-corrected chi connectivity index (χ3v) is 4.98. The van der Waals surface area contributed by atoms with E-state index in [0.717, 1.165) is 5.56 Å². The maximum atomic E-state index is 12.3. The Bertz CT molecular complexity index is 817. The number of carbonyl (C=O) groups is 1. The smallest absolute Gasteiger partial charge is 0.242 e. The SMILES string of the molecule is COc1ccccc1NC(=O)[C@H](C)NS(=O)(=O)c1ccc(C)cc1. The van der Waals surface area contributed by atoms with E-state index >= 15 is 0 Å². The van der Waals surface area contributed by atoms with Crippen LogP contribution in [0.1, 0.15) is 12.5 Å². The summed E-state index contributed by atoms with van der Waals surface area (Å²) in [5.41, 5.74) is 1.43. The number of benzene rings is 2. The lowest BCUT2D eigenvalue weighted by molar-refractivity contribution is -0.117. The Labute approximate surface area is 141 Å². The van der Waals surface area contributed by atoms with Gasteiger partial charge in [-0.05, 0) is 38.1 Å². The van der Waals surface area contributed by atoms with Crippen LogP contribution in [0.2, 0.25) is 0 Å². The molecule has 7 heteroatoms. The van der Waals surface area contributed by atoms with Gasteiger partial charge in [0.05, 0.1) is 23.7 Å². The number of anilines is 1. The molecule has 2 rings (SSSR count). The predicted molar refractivity (Wildman–Crippen MR) is 92.6 cm³/mol. The minimum atomic E-state index is -3.77. The lowest BCUT2D eigenvalue weighted by Gasteiger charge is -2.16. The highest BCUT2D eigenvalue weighted by Crippen LogP contribution is 2.23. The number of hydrogen-bond acceptors (Lipinski definition) is 4. The van der Waals surface area contributed by atoms with E-state index in [9.17, 15) is 13.2 Å². The fraction of sp³-hybridized carbons (Fsp3) is 0.235. The number of para-hydroxylation sites is 2. The molecule has 0 aromatic heterocycles. The first kappa shape index (κ1) is 18.0. The second kappa shape index (κ2) is 7.46. The van der Waals surface area contributed by atoms with Gasteiger partial charge in [0.1, 0.15) is 5.75 Å². The molecule has 0 saturated heterocycles. The van der Waals surface area contributed by atoms with Crippen LogP contribution >= 0.6 is 0 Å². The van der Waals surface area contributed by atoms with Crippen LogP contribution in [-0.4, -0.2) is 27.5 Å². The quantitative estimate of drug-likeness (QED) is 0.839. The van der Waals surface area contributed by atoms with Crippen LogP contribution in [0.3, 0.4) is 0 Å². The Kier molecular flexibility index (Phi) is 5.58. The van der Waals surface area contributed by atoms with Gasteiger partial charge in [0.15, 0.2) is 0 Å². The molecule has 0 fully saturated rings. The van der Waals surface area contributed by atoms with Gasteiger partial charge in [-0.15, -0.1) is 0 Å². The second-order valence-corrected chi connectivity index (χ2v) is 7.06. The van der Waals surface area contributed by atoms with E-state index in [1.54, 1.807) is 36.4 Å². The molecule has 0 radical (unpaired) electrons. The molecular weight excluding hydrogens is 328 g/mol. The monoisotopic (exact) mass is 348 g/mol. The lowest BCUT2D eigenvalue weighted by Crippen LogP contribution is -2.41. The zero-order valence-electron chi connectivity index (χ0n) is 13.7. The molecule has 0 heterocycles. The largest absolute Gasteiger partial charge is 0.495 e. The zero-order valence-corrected chi connectivity index (χ0v) is 14.6. The number of aryl methyl sites for hydroxylation is 1. The molecule has 2 N–H and O–H groups in total. The van der Waals surface area contributed by atoms with Crippen LogP contribution in [0.4, 0.5) is 5.69 Å². The van der Waals surface area contributed by atoms with Crippen LogP contribution in [0.5, 0.6) is 5.75 Å². The third kappa shape index (κ3) is 4.33. The first-order chi connectivity index (χ1) is 11.3. The van der Waals surface area contributed by atoms with Gasteiger partial charge in [0, 0.05) is 0 Å². The molecule has 6 nitrogen and oxygen atoms in total. The molecule has 0 aliphatic rings. The van der Waals surface area contributed by atoms with Crippen molar-refractivity contribution in [2.45, 2.75) is 24.8 Å². The van der Waals surface area contributed by atoms with Crippen molar-refractivity contribution in [3.05, 3.63) is 54.1 Å². The van der Waals surface area contributed by atoms with Crippen molar-refractivity contribution in [2.24, 2.45) is 0 Å². The Morgan fingerprint density at radius 2 is 1.71 bits per heavy atom. The molecule has 2 aromatic carbocycles. The fourth-order valence-corrected chi connectivity index (χ4v) is 3.26. The van der Waals surface area contributed by atoms with Crippen LogP contribution in [-0.2, 0) is 14.8 Å². The van der Waals surface area contributed by atoms with E-state index in [1.165, 1.54) is 26.2 Å². The Morgan fingerprint density at radius 1 is 1.08 bits per heavy atom. The highest BCUT2D eigenvalue weighted by atomic mass is 32.2. The summed E-state index contributed by atoms with van der Waals surface area (Å²) in [4.78, 5) is 12.4. The summed E-state index contributed by atoms with van der Waals surface area (Å²) >= 11 is 0. The number of rotatable bonds is 6. The molecule has 0 bridgehead atoms. The summed E-state index contributed by atoms with van der Waals surface area (Å²) in [6, 6.07) is 12.4. The Balaban J connectivity index is 2.09. The zero-order chi connectivity index (χ0) is 17.7. The number of ether oxygens (including phenoxy) is 1. The van der Waals surface area contributed by atoms with Crippen LogP contribution in [0.15, 0.2) is 53.4 Å². The number of hydrogen-bond donors (Lipinski definition) is 2. The predicted octanol–water partition coefficient (Wildman–Crippen LogP) is 2.31. The lowest BCUT2D eigenvalue weighted by atomic mass is 10.2. The summed E-state index contributed by atoms with van der Waals surface area (Å²) in [7, 11) is -2.28. The van der Waals surface area contributed by atoms with Gasteiger partial charge in [-0.2, -0.15) is 4.72 Å². The van der Waals surface area contributed by atoms with Crippen molar-refractivity contribution in [1.82, 2.24) is 4.72 Å². The molecule has 0 aliphatic carbocycles. The highest BCUT2D eigenvalue weighted by Gasteiger charge is 2.22. The van der Waals surface area contributed by atoms with Gasteiger partial charge in [-0.3, -0.25) is 4.79 Å². The number of amides is 1. The van der Waals surface area contributed by atoms with Crippen molar-refractivity contribution < 1.29 is 17.9 Å². The number of carbonyl (C=O) groups excluding carboxylic acids is 1. The first-order valence-corrected chi connectivity index (χ1v) is 8.84. The molecule has 128 valence electrons. The van der Waals surface area contributed by atoms with Gasteiger partial charge in [-0.25, -0.2) is 8.42 Å². The highest BCUT2D eigenvalue weighted by molar-refractivity contribution is 7.89. The molecule has 24 heavy (non-hydrogen) atoms. The number of sulfonamides is 1. The van der Waals surface area contributed by atoms with Gasteiger partial charge in [0.2, 0.25) is 15.9 Å². The molecular formula is C17H20N2O4S. The summed E-state index contributed by atoms with van der Waals surface area (Å²) in [6.07, 6.45) is 0. The van der Waals surface area contributed by atoms with Crippen molar-refractivity contribution in [3.63, 3.8) is 0 Å². The van der Waals surface area contributed by atoms with E-state index < -0.39 is 22.0 Å². The molecule has 0 saturated carbocycles. The standard InChI is InChI=1S/C17H20N2O4S/c1-12-8-10-14(11-9-12)24(21,22)19-13(2)17(20)18-15-6-4-5-7-16(15)23-3/h4-11,13,19H,1-3H3,(H,18,20)/t13-/m0/s1. The second-order valence-electron chi connectivity index (χ2n) is 5.35. The Hall–Kier alpha value is -2.38. The first-order valence-electron chi connectivity index (χ1n) is 7.36. The summed E-state index contributed by atoms with van der Waals surface area (Å²) < 4.78 is 32.2. The molecule has 1 atom stereocenters. The molecule has 0 spiro atoms. The average molecular weight is 348 g/mol. The van der Waals surface area contributed by atoms with Crippen molar-refractivity contribution in [3.8, 4) is 5.75 Å². The van der Waals surface area contributed by atoms with E-state index in [4.69, 9.17) is 4.74 Å². The van der Waals surface area contributed by atoms with E-state index in [-0.39, 0.29) is 4.90 Å². The minimum Gasteiger partial charge on any atom is -0.495 e. The molecule has 1 amide bonds. The number of methoxy groups -OCH3 is 1. The van der Waals surface area contributed by atoms with E-state index in [2.05, 4.69) is 10.0 Å². The van der Waals surface area contributed by atoms with Gasteiger partial charge >= 0.3 is 0 Å². The normalized spacial score (nSPS) is 12.5. The van der Waals surface area contributed by atoms with Gasteiger partial charge in [0.25, 0.3) is 0 Å². The summed E-state index contributed by atoms with van der Waals surface area (Å²) in [5.74, 6) is 0.0228. The average Bonchev–Trinajstić information content (AvgIpc) is 2.55. The fourth-order valence-electron chi connectivity index (χ4n) is 2.06. The topological polar surface area (TPSA) is 84.5 Å². The summed E-state index contributed by atoms with van der Waals surface area (Å²) in [5, 5.41) is 2.65. The third-order valence-electron chi connectivity index (χ3n) is 3.42. The van der Waals surface area contributed by atoms with Crippen molar-refractivity contribution in [2.75, 3.05) is 12.4 Å². The minimum absolute atomic E-state index is 0.116. The van der Waals surface area contributed by atoms with Crippen LogP contribution in [0, 0.1) is 6.92 Å². The van der Waals surface area contributed by atoms with E-state index in [0.29, 0.717) is 11.4 Å². The molecule has 0 unspecified atom stereocenters. The maximum absolute atomic E-state index is 12.3. The Morgan fingerprint density at radius 3 is 2.33 bits per heavy atom. The van der Waals surface area contributed by atoms with Crippen LogP contribution in [0.25, 0.3) is 0 Å². The molecule has 0 aliphatic heterocycles. The van der Waals surface area contributed by atoms with Gasteiger partial charge in [-0.1, -0.05) is 29.8 Å². The summed E-state index contributed by atoms with van der Waals surface area (Å²) in [6.45, 7) is 3.35. The van der Waals surface area contributed by atoms with Gasteiger partial charge < -0.3 is 10.1 Å². The van der Waals surface area contributed by atoms with E-state index in [1.807, 2.05) is 6.92 Å². The molecule has 2 aromatic rings. The maximum Gasteiger partial charge on any atom is 0.242 e. The van der Waals surface area contributed by atoms with Crippen LogP contribution < -0.4 is 14.8 Å². The van der Waals surface area contributed by atoms with Crippen molar-refractivity contribution in [1.29, 1.82) is 0 Å².